The molecule has 5 heteroatoms. The van der Waals surface area contributed by atoms with Crippen LogP contribution in [0.2, 0.25) is 0 Å². The second kappa shape index (κ2) is 7.25. The summed E-state index contributed by atoms with van der Waals surface area (Å²) in [6, 6.07) is 15.1. The lowest BCUT2D eigenvalue weighted by molar-refractivity contribution is -0.384. The number of anilines is 1. The van der Waals surface area contributed by atoms with E-state index in [0.29, 0.717) is 23.5 Å². The summed E-state index contributed by atoms with van der Waals surface area (Å²) in [7, 11) is 0. The van der Waals surface area contributed by atoms with Gasteiger partial charge in [0.15, 0.2) is 0 Å². The first kappa shape index (κ1) is 16.2. The second-order valence-electron chi connectivity index (χ2n) is 6.24. The molecule has 0 bridgehead atoms. The number of piperidine rings is 1. The summed E-state index contributed by atoms with van der Waals surface area (Å²) < 4.78 is 0. The highest BCUT2D eigenvalue weighted by atomic mass is 16.6. The Balaban J connectivity index is 1.68. The highest BCUT2D eigenvalue weighted by Crippen LogP contribution is 2.32. The molecule has 1 heterocycles. The van der Waals surface area contributed by atoms with Crippen molar-refractivity contribution in [3.8, 4) is 0 Å². The third-order valence-electron chi connectivity index (χ3n) is 4.65. The zero-order valence-electron chi connectivity index (χ0n) is 13.4. The van der Waals surface area contributed by atoms with Crippen LogP contribution < -0.4 is 4.90 Å². The number of aldehydes is 1. The van der Waals surface area contributed by atoms with Crippen LogP contribution >= 0.6 is 0 Å². The standard InChI is InChI=1S/C19H20N2O3/c22-14-17-6-7-18(19(13-17)21(23)24)20-10-8-16(9-11-20)12-15-4-2-1-3-5-15/h1-7,13-14,16H,8-12H2. The average Bonchev–Trinajstić information content (AvgIpc) is 2.63. The lowest BCUT2D eigenvalue weighted by Crippen LogP contribution is -2.34. The van der Waals surface area contributed by atoms with Crippen molar-refractivity contribution >= 4 is 17.7 Å². The van der Waals surface area contributed by atoms with E-state index in [4.69, 9.17) is 0 Å². The van der Waals surface area contributed by atoms with Gasteiger partial charge in [-0.25, -0.2) is 0 Å². The van der Waals surface area contributed by atoms with E-state index in [2.05, 4.69) is 29.2 Å². The minimum absolute atomic E-state index is 0.0149. The quantitative estimate of drug-likeness (QED) is 0.476. The van der Waals surface area contributed by atoms with Crippen LogP contribution in [-0.2, 0) is 6.42 Å². The topological polar surface area (TPSA) is 63.5 Å². The molecule has 1 saturated heterocycles. The molecule has 1 aliphatic rings. The second-order valence-corrected chi connectivity index (χ2v) is 6.24. The number of carbonyl (C=O) groups is 1. The van der Waals surface area contributed by atoms with Gasteiger partial charge in [-0.3, -0.25) is 14.9 Å². The van der Waals surface area contributed by atoms with Crippen LogP contribution in [0.3, 0.4) is 0 Å². The Morgan fingerprint density at radius 1 is 1.12 bits per heavy atom. The van der Waals surface area contributed by atoms with Crippen molar-refractivity contribution in [2.75, 3.05) is 18.0 Å². The molecular weight excluding hydrogens is 304 g/mol. The molecule has 0 N–H and O–H groups in total. The Morgan fingerprint density at radius 3 is 2.46 bits per heavy atom. The first-order valence-electron chi connectivity index (χ1n) is 8.20. The molecule has 0 atom stereocenters. The Bertz CT molecular complexity index is 723. The highest BCUT2D eigenvalue weighted by molar-refractivity contribution is 5.79. The van der Waals surface area contributed by atoms with Gasteiger partial charge in [-0.15, -0.1) is 0 Å². The van der Waals surface area contributed by atoms with Gasteiger partial charge in [-0.05, 0) is 42.9 Å². The van der Waals surface area contributed by atoms with Crippen LogP contribution in [0.5, 0.6) is 0 Å². The molecule has 0 amide bonds. The number of benzene rings is 2. The molecule has 1 aliphatic heterocycles. The van der Waals surface area contributed by atoms with E-state index < -0.39 is 4.92 Å². The van der Waals surface area contributed by atoms with Crippen LogP contribution in [0.25, 0.3) is 0 Å². The summed E-state index contributed by atoms with van der Waals surface area (Å²) in [4.78, 5) is 23.8. The normalized spacial score (nSPS) is 15.2. The van der Waals surface area contributed by atoms with Crippen LogP contribution in [0.15, 0.2) is 48.5 Å². The van der Waals surface area contributed by atoms with Crippen LogP contribution in [0, 0.1) is 16.0 Å². The molecule has 0 saturated carbocycles. The van der Waals surface area contributed by atoms with E-state index in [1.807, 2.05) is 6.07 Å². The molecule has 124 valence electrons. The fraction of sp³-hybridized carbons (Fsp3) is 0.316. The van der Waals surface area contributed by atoms with E-state index in [1.165, 1.54) is 11.6 Å². The molecule has 24 heavy (non-hydrogen) atoms. The fourth-order valence-corrected chi connectivity index (χ4v) is 3.35. The summed E-state index contributed by atoms with van der Waals surface area (Å²) in [6.45, 7) is 1.61. The summed E-state index contributed by atoms with van der Waals surface area (Å²) in [6.07, 6.45) is 3.73. The molecule has 2 aromatic rings. The van der Waals surface area contributed by atoms with Crippen LogP contribution in [-0.4, -0.2) is 24.3 Å². The molecule has 1 fully saturated rings. The predicted molar refractivity (Wildman–Crippen MR) is 93.6 cm³/mol. The van der Waals surface area contributed by atoms with Crippen LogP contribution in [0.1, 0.15) is 28.8 Å². The maximum atomic E-state index is 11.3. The molecule has 0 unspecified atom stereocenters. The first-order chi connectivity index (χ1) is 11.7. The summed E-state index contributed by atoms with van der Waals surface area (Å²) in [5.74, 6) is 0.608. The van der Waals surface area contributed by atoms with Crippen LogP contribution in [0.4, 0.5) is 11.4 Å². The Kier molecular flexibility index (Phi) is 4.89. The van der Waals surface area contributed by atoms with Gasteiger partial charge in [0.1, 0.15) is 12.0 Å². The molecule has 3 rings (SSSR count). The van der Waals surface area contributed by atoms with Gasteiger partial charge in [-0.1, -0.05) is 30.3 Å². The monoisotopic (exact) mass is 324 g/mol. The van der Waals surface area contributed by atoms with Gasteiger partial charge < -0.3 is 4.90 Å². The van der Waals surface area contributed by atoms with Crippen molar-refractivity contribution in [1.82, 2.24) is 0 Å². The number of carbonyl (C=O) groups excluding carboxylic acids is 1. The Labute approximate surface area is 141 Å². The van der Waals surface area contributed by atoms with Crippen molar-refractivity contribution in [2.45, 2.75) is 19.3 Å². The van der Waals surface area contributed by atoms with Crippen molar-refractivity contribution in [2.24, 2.45) is 5.92 Å². The van der Waals surface area contributed by atoms with Gasteiger partial charge in [0.05, 0.1) is 4.92 Å². The molecule has 0 aliphatic carbocycles. The average molecular weight is 324 g/mol. The van der Waals surface area contributed by atoms with E-state index in [-0.39, 0.29) is 5.69 Å². The minimum Gasteiger partial charge on any atom is -0.366 e. The van der Waals surface area contributed by atoms with E-state index in [1.54, 1.807) is 12.1 Å². The number of hydrogen-bond donors (Lipinski definition) is 0. The Hall–Kier alpha value is -2.69. The fourth-order valence-electron chi connectivity index (χ4n) is 3.35. The van der Waals surface area contributed by atoms with E-state index in [9.17, 15) is 14.9 Å². The molecule has 0 radical (unpaired) electrons. The number of nitro groups is 1. The number of nitrogens with zero attached hydrogens (tertiary/aromatic N) is 2. The van der Waals surface area contributed by atoms with Gasteiger partial charge >= 0.3 is 0 Å². The summed E-state index contributed by atoms with van der Waals surface area (Å²) in [5.41, 5.74) is 2.31. The largest absolute Gasteiger partial charge is 0.366 e. The highest BCUT2D eigenvalue weighted by Gasteiger charge is 2.25. The summed E-state index contributed by atoms with van der Waals surface area (Å²) in [5, 5.41) is 11.3. The maximum absolute atomic E-state index is 11.3. The van der Waals surface area contributed by atoms with E-state index in [0.717, 1.165) is 32.4 Å². The van der Waals surface area contributed by atoms with Crippen molar-refractivity contribution in [1.29, 1.82) is 0 Å². The van der Waals surface area contributed by atoms with Crippen molar-refractivity contribution in [3.05, 3.63) is 69.8 Å². The first-order valence-corrected chi connectivity index (χ1v) is 8.20. The number of hydrogen-bond acceptors (Lipinski definition) is 4. The van der Waals surface area contributed by atoms with Gasteiger partial charge in [0.25, 0.3) is 5.69 Å². The predicted octanol–water partition coefficient (Wildman–Crippen LogP) is 3.87. The Morgan fingerprint density at radius 2 is 1.83 bits per heavy atom. The smallest absolute Gasteiger partial charge is 0.293 e. The molecule has 5 nitrogen and oxygen atoms in total. The SMILES string of the molecule is O=Cc1ccc(N2CCC(Cc3ccccc3)CC2)c([N+](=O)[O-])c1. The molecule has 0 spiro atoms. The van der Waals surface area contributed by atoms with Gasteiger partial charge in [0.2, 0.25) is 0 Å². The third kappa shape index (κ3) is 3.62. The van der Waals surface area contributed by atoms with Gasteiger partial charge in [-0.2, -0.15) is 0 Å². The number of nitro benzene ring substituents is 1. The molecular formula is C19H20N2O3. The maximum Gasteiger partial charge on any atom is 0.293 e. The summed E-state index contributed by atoms with van der Waals surface area (Å²) >= 11 is 0. The van der Waals surface area contributed by atoms with Crippen molar-refractivity contribution in [3.63, 3.8) is 0 Å². The number of rotatable bonds is 5. The zero-order chi connectivity index (χ0) is 16.9. The molecule has 2 aromatic carbocycles. The van der Waals surface area contributed by atoms with Gasteiger partial charge in [0, 0.05) is 24.7 Å². The lowest BCUT2D eigenvalue weighted by Gasteiger charge is -2.33. The van der Waals surface area contributed by atoms with E-state index >= 15 is 0 Å². The van der Waals surface area contributed by atoms with Crippen molar-refractivity contribution < 1.29 is 9.72 Å². The minimum atomic E-state index is -0.404. The molecule has 0 aromatic heterocycles. The lowest BCUT2D eigenvalue weighted by atomic mass is 9.90. The third-order valence-corrected chi connectivity index (χ3v) is 4.65. The zero-order valence-corrected chi connectivity index (χ0v) is 13.4.